The summed E-state index contributed by atoms with van der Waals surface area (Å²) in [5.41, 5.74) is 0.122. The van der Waals surface area contributed by atoms with Gasteiger partial charge in [-0.2, -0.15) is 4.39 Å². The Labute approximate surface area is 216 Å². The van der Waals surface area contributed by atoms with E-state index in [4.69, 9.17) is 9.47 Å². The molecule has 0 radical (unpaired) electrons. The van der Waals surface area contributed by atoms with Crippen molar-refractivity contribution >= 4 is 11.5 Å². The van der Waals surface area contributed by atoms with Gasteiger partial charge in [0.15, 0.2) is 23.2 Å². The van der Waals surface area contributed by atoms with Crippen molar-refractivity contribution in [1.82, 2.24) is 0 Å². The molecule has 4 nitrogen and oxygen atoms in total. The average molecular weight is 533 g/mol. The maximum absolute atomic E-state index is 14.9. The SMILES string of the molecule is CCOc1ccc(-c2ccc(C3=CCC(OC(=O)c4ccc(C(C)O)c(F)c4F)CC3)cc2F)c(F)c1F. The fraction of sp³-hybridized carbons (Fsp3) is 0.276. The zero-order valence-corrected chi connectivity index (χ0v) is 20.7. The summed E-state index contributed by atoms with van der Waals surface area (Å²) in [6, 6.07) is 8.88. The molecule has 2 atom stereocenters. The van der Waals surface area contributed by atoms with Crippen LogP contribution in [0.1, 0.15) is 60.7 Å². The van der Waals surface area contributed by atoms with Gasteiger partial charge in [0.25, 0.3) is 0 Å². The van der Waals surface area contributed by atoms with E-state index in [1.54, 1.807) is 19.1 Å². The maximum Gasteiger partial charge on any atom is 0.341 e. The Morgan fingerprint density at radius 1 is 0.974 bits per heavy atom. The first-order valence-electron chi connectivity index (χ1n) is 12.1. The van der Waals surface area contributed by atoms with Gasteiger partial charge < -0.3 is 14.6 Å². The van der Waals surface area contributed by atoms with Crippen LogP contribution in [0.15, 0.2) is 48.5 Å². The third kappa shape index (κ3) is 5.43. The Morgan fingerprint density at radius 2 is 1.71 bits per heavy atom. The second kappa shape index (κ2) is 11.3. The Hall–Kier alpha value is -3.72. The molecule has 0 aromatic heterocycles. The van der Waals surface area contributed by atoms with Gasteiger partial charge in [-0.25, -0.2) is 22.4 Å². The van der Waals surface area contributed by atoms with E-state index in [-0.39, 0.29) is 35.5 Å². The van der Waals surface area contributed by atoms with E-state index in [0.29, 0.717) is 18.4 Å². The van der Waals surface area contributed by atoms with E-state index < -0.39 is 52.8 Å². The number of ether oxygens (including phenoxy) is 2. The summed E-state index contributed by atoms with van der Waals surface area (Å²) in [5, 5.41) is 9.49. The summed E-state index contributed by atoms with van der Waals surface area (Å²) in [7, 11) is 0. The number of allylic oxidation sites excluding steroid dienone is 1. The molecule has 9 heteroatoms. The standard InChI is InChI=1S/C29H25F5O4/c1-3-37-24-13-12-21(26(32)28(24)34)20-9-6-17(14-23(20)30)16-4-7-18(8-5-16)38-29(36)22-11-10-19(15(2)35)25(31)27(22)33/h4,6,9-15,18,35H,3,5,7-8H2,1-2H3. The van der Waals surface area contributed by atoms with Gasteiger partial charge in [-0.05, 0) is 62.1 Å². The van der Waals surface area contributed by atoms with E-state index >= 15 is 0 Å². The van der Waals surface area contributed by atoms with Gasteiger partial charge in [0.1, 0.15) is 11.9 Å². The quantitative estimate of drug-likeness (QED) is 0.256. The fourth-order valence-electron chi connectivity index (χ4n) is 4.38. The maximum atomic E-state index is 14.9. The molecule has 2 unspecified atom stereocenters. The fourth-order valence-corrected chi connectivity index (χ4v) is 4.38. The summed E-state index contributed by atoms with van der Waals surface area (Å²) in [4.78, 5) is 12.4. The van der Waals surface area contributed by atoms with Crippen molar-refractivity contribution < 1.29 is 41.3 Å². The number of hydrogen-bond donors (Lipinski definition) is 1. The summed E-state index contributed by atoms with van der Waals surface area (Å²) in [6.07, 6.45) is 0.932. The van der Waals surface area contributed by atoms with Crippen molar-refractivity contribution in [2.24, 2.45) is 0 Å². The number of hydrogen-bond acceptors (Lipinski definition) is 4. The van der Waals surface area contributed by atoms with Crippen LogP contribution >= 0.6 is 0 Å². The summed E-state index contributed by atoms with van der Waals surface area (Å²) < 4.78 is 82.5. The summed E-state index contributed by atoms with van der Waals surface area (Å²) in [5.74, 6) is -7.11. The van der Waals surface area contributed by atoms with Gasteiger partial charge >= 0.3 is 5.97 Å². The molecular weight excluding hydrogens is 507 g/mol. The average Bonchev–Trinajstić information content (AvgIpc) is 2.89. The first kappa shape index (κ1) is 27.3. The van der Waals surface area contributed by atoms with Crippen molar-refractivity contribution in [2.45, 2.75) is 45.3 Å². The van der Waals surface area contributed by atoms with Crippen LogP contribution in [0.3, 0.4) is 0 Å². The highest BCUT2D eigenvalue weighted by atomic mass is 19.2. The molecule has 0 amide bonds. The smallest absolute Gasteiger partial charge is 0.341 e. The Bertz CT molecular complexity index is 1400. The number of aliphatic hydroxyl groups excluding tert-OH is 1. The van der Waals surface area contributed by atoms with Crippen LogP contribution in [0.5, 0.6) is 5.75 Å². The molecule has 3 aromatic carbocycles. The highest BCUT2D eigenvalue weighted by Gasteiger charge is 2.26. The van der Waals surface area contributed by atoms with E-state index in [9.17, 15) is 31.9 Å². The molecule has 0 saturated heterocycles. The summed E-state index contributed by atoms with van der Waals surface area (Å²) >= 11 is 0. The predicted molar refractivity (Wildman–Crippen MR) is 131 cm³/mol. The Balaban J connectivity index is 1.46. The highest BCUT2D eigenvalue weighted by Crippen LogP contribution is 2.35. The largest absolute Gasteiger partial charge is 0.491 e. The topological polar surface area (TPSA) is 55.8 Å². The minimum Gasteiger partial charge on any atom is -0.491 e. The van der Waals surface area contributed by atoms with Gasteiger partial charge in [-0.3, -0.25) is 0 Å². The number of esters is 1. The number of halogens is 5. The molecular formula is C29H25F5O4. The third-order valence-corrected chi connectivity index (χ3v) is 6.40. The normalized spacial score (nSPS) is 16.1. The number of carbonyl (C=O) groups excluding carboxylic acids is 1. The second-order valence-electron chi connectivity index (χ2n) is 8.90. The lowest BCUT2D eigenvalue weighted by Gasteiger charge is -2.23. The number of aliphatic hydroxyl groups is 1. The molecule has 38 heavy (non-hydrogen) atoms. The molecule has 0 saturated carbocycles. The lowest BCUT2D eigenvalue weighted by Crippen LogP contribution is -2.21. The van der Waals surface area contributed by atoms with E-state index in [2.05, 4.69) is 0 Å². The molecule has 1 aliphatic carbocycles. The predicted octanol–water partition coefficient (Wildman–Crippen LogP) is 7.29. The monoisotopic (exact) mass is 532 g/mol. The van der Waals surface area contributed by atoms with Crippen LogP contribution in [-0.4, -0.2) is 23.8 Å². The van der Waals surface area contributed by atoms with Gasteiger partial charge in [-0.1, -0.05) is 24.3 Å². The molecule has 1 N–H and O–H groups in total. The number of benzene rings is 3. The molecule has 0 bridgehead atoms. The number of carbonyl (C=O) groups is 1. The Kier molecular flexibility index (Phi) is 8.16. The minimum absolute atomic E-state index is 0.104. The lowest BCUT2D eigenvalue weighted by atomic mass is 9.90. The van der Waals surface area contributed by atoms with Crippen LogP contribution in [0.25, 0.3) is 16.7 Å². The van der Waals surface area contributed by atoms with Crippen LogP contribution in [-0.2, 0) is 4.74 Å². The van der Waals surface area contributed by atoms with Crippen molar-refractivity contribution in [1.29, 1.82) is 0 Å². The summed E-state index contributed by atoms with van der Waals surface area (Å²) in [6.45, 7) is 3.06. The second-order valence-corrected chi connectivity index (χ2v) is 8.90. The number of rotatable bonds is 7. The van der Waals surface area contributed by atoms with E-state index in [1.807, 2.05) is 0 Å². The van der Waals surface area contributed by atoms with E-state index in [0.717, 1.165) is 17.7 Å². The minimum atomic E-state index is -1.39. The van der Waals surface area contributed by atoms with Crippen LogP contribution < -0.4 is 4.74 Å². The molecule has 4 rings (SSSR count). The van der Waals surface area contributed by atoms with Crippen molar-refractivity contribution in [3.8, 4) is 16.9 Å². The first-order valence-corrected chi connectivity index (χ1v) is 12.1. The molecule has 1 aliphatic rings. The molecule has 0 spiro atoms. The molecule has 0 heterocycles. The first-order chi connectivity index (χ1) is 18.1. The zero-order valence-electron chi connectivity index (χ0n) is 20.7. The zero-order chi connectivity index (χ0) is 27.6. The van der Waals surface area contributed by atoms with E-state index in [1.165, 1.54) is 31.2 Å². The molecule has 0 aliphatic heterocycles. The van der Waals surface area contributed by atoms with Crippen molar-refractivity contribution in [2.75, 3.05) is 6.61 Å². The van der Waals surface area contributed by atoms with Gasteiger partial charge in [0.05, 0.1) is 18.3 Å². The van der Waals surface area contributed by atoms with Gasteiger partial charge in [-0.15, -0.1) is 0 Å². The van der Waals surface area contributed by atoms with Crippen LogP contribution in [0.4, 0.5) is 22.0 Å². The highest BCUT2D eigenvalue weighted by molar-refractivity contribution is 5.90. The third-order valence-electron chi connectivity index (χ3n) is 6.40. The van der Waals surface area contributed by atoms with Crippen molar-refractivity contribution in [3.63, 3.8) is 0 Å². The van der Waals surface area contributed by atoms with Crippen LogP contribution in [0, 0.1) is 29.1 Å². The van der Waals surface area contributed by atoms with Gasteiger partial charge in [0, 0.05) is 23.1 Å². The Morgan fingerprint density at radius 3 is 2.34 bits per heavy atom. The van der Waals surface area contributed by atoms with Crippen molar-refractivity contribution in [3.05, 3.63) is 94.3 Å². The molecule has 200 valence electrons. The molecule has 3 aromatic rings. The van der Waals surface area contributed by atoms with Gasteiger partial charge in [0.2, 0.25) is 5.82 Å². The molecule has 0 fully saturated rings. The van der Waals surface area contributed by atoms with Crippen LogP contribution in [0.2, 0.25) is 0 Å². The lowest BCUT2D eigenvalue weighted by molar-refractivity contribution is 0.0278.